The first-order chi connectivity index (χ1) is 13.3. The minimum atomic E-state index is -0.938. The molecule has 0 spiro atoms. The van der Waals surface area contributed by atoms with Crippen molar-refractivity contribution in [3.63, 3.8) is 0 Å². The average molecular weight is 400 g/mol. The Kier molecular flexibility index (Phi) is 9.67. The van der Waals surface area contributed by atoms with Crippen molar-refractivity contribution >= 4 is 5.97 Å². The van der Waals surface area contributed by atoms with Crippen molar-refractivity contribution in [3.8, 4) is 0 Å². The fourth-order valence-electron chi connectivity index (χ4n) is 5.19. The topological polar surface area (TPSA) is 110 Å². The van der Waals surface area contributed by atoms with E-state index in [1.165, 1.54) is 12.8 Å². The molecule has 1 aliphatic carbocycles. The zero-order chi connectivity index (χ0) is 20.6. The van der Waals surface area contributed by atoms with Crippen molar-refractivity contribution in [3.05, 3.63) is 0 Å². The Hall–Kier alpha value is -0.690. The third-order valence-corrected chi connectivity index (χ3v) is 7.06. The Bertz CT molecular complexity index is 466. The lowest BCUT2D eigenvalue weighted by Crippen LogP contribution is -2.48. The van der Waals surface area contributed by atoms with Crippen LogP contribution >= 0.6 is 0 Å². The van der Waals surface area contributed by atoms with E-state index in [1.807, 2.05) is 6.92 Å². The highest BCUT2D eigenvalue weighted by Gasteiger charge is 2.34. The number of hydrogen-bond donors (Lipinski definition) is 5. The predicted octanol–water partition coefficient (Wildman–Crippen LogP) is 2.98. The van der Waals surface area contributed by atoms with E-state index in [4.69, 9.17) is 5.11 Å². The molecular weight excluding hydrogens is 358 g/mol. The standard InChI is InChI=1S/C22H41NO5/c1-16-20(26)9-7-17(23-16)6-8-18(24)5-4-13-22(11-2-3-12-22)14-10-19(25)15-21(27)28/h16-20,23-26H,2-15H2,1H3,(H,27,28). The second kappa shape index (κ2) is 11.5. The lowest BCUT2D eigenvalue weighted by atomic mass is 9.76. The van der Waals surface area contributed by atoms with Crippen molar-refractivity contribution in [1.29, 1.82) is 0 Å². The molecule has 0 bridgehead atoms. The second-order valence-electron chi connectivity index (χ2n) is 9.42. The van der Waals surface area contributed by atoms with Gasteiger partial charge in [-0.15, -0.1) is 0 Å². The van der Waals surface area contributed by atoms with Gasteiger partial charge in [0.25, 0.3) is 0 Å². The van der Waals surface area contributed by atoms with Gasteiger partial charge in [0.15, 0.2) is 0 Å². The molecule has 2 rings (SSSR count). The number of aliphatic hydroxyl groups excluding tert-OH is 3. The molecule has 164 valence electrons. The van der Waals surface area contributed by atoms with E-state index < -0.39 is 12.1 Å². The highest BCUT2D eigenvalue weighted by molar-refractivity contribution is 5.67. The van der Waals surface area contributed by atoms with E-state index in [2.05, 4.69) is 5.32 Å². The number of piperidine rings is 1. The zero-order valence-electron chi connectivity index (χ0n) is 17.5. The molecule has 0 radical (unpaired) electrons. The number of carbonyl (C=O) groups is 1. The summed E-state index contributed by atoms with van der Waals surface area (Å²) in [5.41, 5.74) is 0.232. The summed E-state index contributed by atoms with van der Waals surface area (Å²) in [4.78, 5) is 10.7. The smallest absolute Gasteiger partial charge is 0.305 e. The summed E-state index contributed by atoms with van der Waals surface area (Å²) in [6, 6.07) is 0.527. The maximum Gasteiger partial charge on any atom is 0.305 e. The molecule has 2 fully saturated rings. The van der Waals surface area contributed by atoms with Crippen LogP contribution in [0.3, 0.4) is 0 Å². The van der Waals surface area contributed by atoms with Gasteiger partial charge in [0.1, 0.15) is 0 Å². The van der Waals surface area contributed by atoms with Gasteiger partial charge in [-0.3, -0.25) is 4.79 Å². The maximum absolute atomic E-state index is 10.7. The summed E-state index contributed by atoms with van der Waals surface area (Å²) in [5, 5.41) is 42.3. The lowest BCUT2D eigenvalue weighted by molar-refractivity contribution is -0.139. The minimum Gasteiger partial charge on any atom is -0.481 e. The van der Waals surface area contributed by atoms with Crippen LogP contribution in [0.5, 0.6) is 0 Å². The molecule has 5 unspecified atom stereocenters. The van der Waals surface area contributed by atoms with Gasteiger partial charge < -0.3 is 25.7 Å². The number of hydrogen-bond acceptors (Lipinski definition) is 5. The van der Waals surface area contributed by atoms with E-state index in [0.717, 1.165) is 64.2 Å². The largest absolute Gasteiger partial charge is 0.481 e. The first-order valence-electron chi connectivity index (χ1n) is 11.3. The number of aliphatic carboxylic acids is 1. The molecule has 5 atom stereocenters. The SMILES string of the molecule is CC1NC(CCC(O)CCCC2(CCC(O)CC(=O)O)CCCC2)CCC1O. The number of rotatable bonds is 12. The highest BCUT2D eigenvalue weighted by atomic mass is 16.4. The van der Waals surface area contributed by atoms with Crippen LogP contribution in [-0.2, 0) is 4.79 Å². The summed E-state index contributed by atoms with van der Waals surface area (Å²) < 4.78 is 0. The number of carboxylic acids is 1. The molecule has 1 heterocycles. The Balaban J connectivity index is 1.65. The normalized spacial score (nSPS) is 29.5. The zero-order valence-corrected chi connectivity index (χ0v) is 17.5. The second-order valence-corrected chi connectivity index (χ2v) is 9.42. The minimum absolute atomic E-state index is 0.134. The monoisotopic (exact) mass is 399 g/mol. The average Bonchev–Trinajstić information content (AvgIpc) is 3.10. The summed E-state index contributed by atoms with van der Waals surface area (Å²) >= 11 is 0. The van der Waals surface area contributed by atoms with Gasteiger partial charge in [0.05, 0.1) is 24.7 Å². The van der Waals surface area contributed by atoms with E-state index >= 15 is 0 Å². The van der Waals surface area contributed by atoms with Crippen LogP contribution in [0.15, 0.2) is 0 Å². The van der Waals surface area contributed by atoms with Crippen molar-refractivity contribution in [2.24, 2.45) is 5.41 Å². The summed E-state index contributed by atoms with van der Waals surface area (Å²) in [6.07, 6.45) is 11.2. The van der Waals surface area contributed by atoms with Crippen LogP contribution in [0.1, 0.15) is 96.8 Å². The molecule has 1 aliphatic heterocycles. The molecule has 0 amide bonds. The fraction of sp³-hybridized carbons (Fsp3) is 0.955. The molecule has 6 nitrogen and oxygen atoms in total. The van der Waals surface area contributed by atoms with Gasteiger partial charge in [-0.2, -0.15) is 0 Å². The first kappa shape index (κ1) is 23.6. The van der Waals surface area contributed by atoms with E-state index in [9.17, 15) is 20.1 Å². The summed E-state index contributed by atoms with van der Waals surface area (Å²) in [7, 11) is 0. The molecule has 1 saturated carbocycles. The molecule has 0 aromatic carbocycles. The van der Waals surface area contributed by atoms with Gasteiger partial charge in [-0.05, 0) is 76.5 Å². The van der Waals surface area contributed by atoms with Crippen molar-refractivity contribution in [2.75, 3.05) is 0 Å². The molecule has 1 saturated heterocycles. The van der Waals surface area contributed by atoms with Crippen molar-refractivity contribution in [1.82, 2.24) is 5.32 Å². The maximum atomic E-state index is 10.7. The third kappa shape index (κ3) is 7.97. The molecule has 0 aromatic rings. The van der Waals surface area contributed by atoms with Crippen LogP contribution in [0, 0.1) is 5.41 Å². The Morgan fingerprint density at radius 1 is 1.07 bits per heavy atom. The van der Waals surface area contributed by atoms with Gasteiger partial charge in [-0.25, -0.2) is 0 Å². The fourth-order valence-corrected chi connectivity index (χ4v) is 5.19. The van der Waals surface area contributed by atoms with Crippen LogP contribution in [-0.4, -0.2) is 56.8 Å². The lowest BCUT2D eigenvalue weighted by Gasteiger charge is -2.33. The molecule has 6 heteroatoms. The number of aliphatic hydroxyl groups is 3. The highest BCUT2D eigenvalue weighted by Crippen LogP contribution is 2.46. The van der Waals surface area contributed by atoms with Gasteiger partial charge in [0.2, 0.25) is 0 Å². The quantitative estimate of drug-likeness (QED) is 0.345. The van der Waals surface area contributed by atoms with E-state index in [0.29, 0.717) is 12.5 Å². The summed E-state index contributed by atoms with van der Waals surface area (Å²) in [5.74, 6) is -0.938. The molecule has 0 aromatic heterocycles. The van der Waals surface area contributed by atoms with E-state index in [1.54, 1.807) is 0 Å². The van der Waals surface area contributed by atoms with Crippen LogP contribution < -0.4 is 5.32 Å². The Morgan fingerprint density at radius 3 is 2.43 bits per heavy atom. The predicted molar refractivity (Wildman–Crippen MR) is 109 cm³/mol. The van der Waals surface area contributed by atoms with Gasteiger partial charge in [0, 0.05) is 12.1 Å². The van der Waals surface area contributed by atoms with E-state index in [-0.39, 0.29) is 30.1 Å². The molecular formula is C22H41NO5. The first-order valence-corrected chi connectivity index (χ1v) is 11.3. The van der Waals surface area contributed by atoms with Crippen molar-refractivity contribution < 1.29 is 25.2 Å². The molecule has 28 heavy (non-hydrogen) atoms. The van der Waals surface area contributed by atoms with Gasteiger partial charge >= 0.3 is 5.97 Å². The van der Waals surface area contributed by atoms with Crippen LogP contribution in [0.2, 0.25) is 0 Å². The van der Waals surface area contributed by atoms with Crippen molar-refractivity contribution in [2.45, 2.75) is 127 Å². The summed E-state index contributed by atoms with van der Waals surface area (Å²) in [6.45, 7) is 2.02. The van der Waals surface area contributed by atoms with Crippen LogP contribution in [0.4, 0.5) is 0 Å². The molecule has 5 N–H and O–H groups in total. The third-order valence-electron chi connectivity index (χ3n) is 7.06. The molecule has 2 aliphatic rings. The van der Waals surface area contributed by atoms with Gasteiger partial charge in [-0.1, -0.05) is 19.3 Å². The van der Waals surface area contributed by atoms with Crippen LogP contribution in [0.25, 0.3) is 0 Å². The number of nitrogens with one attached hydrogen (secondary N) is 1. The number of carboxylic acid groups (broad SMARTS) is 1. The Labute approximate surface area is 169 Å². The Morgan fingerprint density at radius 2 is 1.79 bits per heavy atom.